The van der Waals surface area contributed by atoms with Gasteiger partial charge in [0.05, 0.1) is 12.3 Å². The fourth-order valence-corrected chi connectivity index (χ4v) is 1.59. The molecule has 0 aliphatic heterocycles. The zero-order valence-corrected chi connectivity index (χ0v) is 12.3. The van der Waals surface area contributed by atoms with Crippen LogP contribution in [-0.4, -0.2) is 44.6 Å². The maximum absolute atomic E-state index is 11.6. The van der Waals surface area contributed by atoms with Crippen molar-refractivity contribution in [1.29, 1.82) is 0 Å². The van der Waals surface area contributed by atoms with Gasteiger partial charge in [-0.3, -0.25) is 4.79 Å². The predicted octanol–water partition coefficient (Wildman–Crippen LogP) is 1.36. The molecular formula is C15H23N3O2. The topological polar surface area (TPSA) is 67.6 Å². The van der Waals surface area contributed by atoms with Gasteiger partial charge in [0.15, 0.2) is 0 Å². The Morgan fingerprint density at radius 2 is 2.20 bits per heavy atom. The summed E-state index contributed by atoms with van der Waals surface area (Å²) >= 11 is 0. The van der Waals surface area contributed by atoms with E-state index in [1.807, 2.05) is 38.1 Å². The maximum Gasteiger partial charge on any atom is 0.244 e. The molecule has 0 bridgehead atoms. The van der Waals surface area contributed by atoms with Crippen molar-refractivity contribution in [1.82, 2.24) is 10.2 Å². The number of likely N-dealkylation sites (N-methyl/N-ethyl adjacent to an activating group) is 1. The molecule has 1 rings (SSSR count). The molecule has 0 spiro atoms. The van der Waals surface area contributed by atoms with Gasteiger partial charge in [-0.25, -0.2) is 0 Å². The molecule has 1 aromatic rings. The highest BCUT2D eigenvalue weighted by Crippen LogP contribution is 2.22. The van der Waals surface area contributed by atoms with Crippen LogP contribution in [0.15, 0.2) is 24.3 Å². The number of carbonyl (C=O) groups excluding carboxylic acids is 1. The van der Waals surface area contributed by atoms with Gasteiger partial charge < -0.3 is 20.7 Å². The number of benzene rings is 1. The molecule has 0 aliphatic rings. The minimum absolute atomic E-state index is 0.112. The number of rotatable bonds is 7. The summed E-state index contributed by atoms with van der Waals surface area (Å²) in [7, 11) is 3.93. The molecule has 0 radical (unpaired) electrons. The Labute approximate surface area is 120 Å². The van der Waals surface area contributed by atoms with Crippen molar-refractivity contribution in [3.8, 4) is 5.75 Å². The van der Waals surface area contributed by atoms with Gasteiger partial charge in [-0.1, -0.05) is 6.07 Å². The van der Waals surface area contributed by atoms with Crippen LogP contribution in [0.25, 0.3) is 6.08 Å². The Balaban J connectivity index is 2.53. The van der Waals surface area contributed by atoms with Crippen LogP contribution in [0.2, 0.25) is 0 Å². The predicted molar refractivity (Wildman–Crippen MR) is 82.6 cm³/mol. The number of carbonyl (C=O) groups is 1. The molecule has 110 valence electrons. The Morgan fingerprint density at radius 1 is 1.45 bits per heavy atom. The Bertz CT molecular complexity index is 470. The fourth-order valence-electron chi connectivity index (χ4n) is 1.59. The van der Waals surface area contributed by atoms with E-state index in [9.17, 15) is 4.79 Å². The number of anilines is 1. The van der Waals surface area contributed by atoms with Crippen molar-refractivity contribution < 1.29 is 9.53 Å². The van der Waals surface area contributed by atoms with Gasteiger partial charge >= 0.3 is 0 Å². The van der Waals surface area contributed by atoms with E-state index in [1.165, 1.54) is 6.08 Å². The van der Waals surface area contributed by atoms with Gasteiger partial charge in [0, 0.05) is 19.2 Å². The van der Waals surface area contributed by atoms with Gasteiger partial charge in [0.1, 0.15) is 5.75 Å². The molecule has 1 aromatic carbocycles. The van der Waals surface area contributed by atoms with Crippen LogP contribution in [-0.2, 0) is 4.79 Å². The largest absolute Gasteiger partial charge is 0.492 e. The molecule has 20 heavy (non-hydrogen) atoms. The molecule has 3 N–H and O–H groups in total. The van der Waals surface area contributed by atoms with Crippen LogP contribution in [0, 0.1) is 0 Å². The zero-order chi connectivity index (χ0) is 15.0. The molecule has 1 amide bonds. The van der Waals surface area contributed by atoms with Gasteiger partial charge in [-0.2, -0.15) is 0 Å². The minimum Gasteiger partial charge on any atom is -0.492 e. The first-order valence-corrected chi connectivity index (χ1v) is 6.66. The molecule has 0 heterocycles. The van der Waals surface area contributed by atoms with E-state index in [4.69, 9.17) is 10.5 Å². The Kier molecular flexibility index (Phi) is 6.59. The lowest BCUT2D eigenvalue weighted by Crippen LogP contribution is -2.30. The lowest BCUT2D eigenvalue weighted by atomic mass is 10.1. The van der Waals surface area contributed by atoms with E-state index < -0.39 is 0 Å². The van der Waals surface area contributed by atoms with Crippen molar-refractivity contribution in [2.45, 2.75) is 6.92 Å². The molecule has 0 saturated heterocycles. The normalized spacial score (nSPS) is 11.0. The van der Waals surface area contributed by atoms with Crippen LogP contribution in [0.3, 0.4) is 0 Å². The Morgan fingerprint density at radius 3 is 2.80 bits per heavy atom. The first-order valence-electron chi connectivity index (χ1n) is 6.66. The van der Waals surface area contributed by atoms with E-state index in [-0.39, 0.29) is 5.91 Å². The zero-order valence-electron chi connectivity index (χ0n) is 12.3. The second kappa shape index (κ2) is 8.22. The lowest BCUT2D eigenvalue weighted by molar-refractivity contribution is -0.116. The Hall–Kier alpha value is -2.01. The van der Waals surface area contributed by atoms with E-state index in [0.717, 1.165) is 12.1 Å². The highest BCUT2D eigenvalue weighted by atomic mass is 16.5. The summed E-state index contributed by atoms with van der Waals surface area (Å²) in [5, 5.41) is 2.81. The second-order valence-electron chi connectivity index (χ2n) is 4.66. The number of hydrogen-bond donors (Lipinski definition) is 2. The molecular weight excluding hydrogens is 254 g/mol. The van der Waals surface area contributed by atoms with Crippen molar-refractivity contribution in [3.05, 3.63) is 29.8 Å². The number of nitrogens with two attached hydrogens (primary N) is 1. The van der Waals surface area contributed by atoms with Crippen LogP contribution in [0.4, 0.5) is 5.69 Å². The van der Waals surface area contributed by atoms with E-state index in [0.29, 0.717) is 24.6 Å². The summed E-state index contributed by atoms with van der Waals surface area (Å²) in [6, 6.07) is 5.46. The summed E-state index contributed by atoms with van der Waals surface area (Å²) in [4.78, 5) is 13.6. The number of amides is 1. The maximum atomic E-state index is 11.6. The number of nitrogens with one attached hydrogen (secondary N) is 1. The van der Waals surface area contributed by atoms with Gasteiger partial charge in [0.2, 0.25) is 5.91 Å². The monoisotopic (exact) mass is 277 g/mol. The molecule has 0 fully saturated rings. The highest BCUT2D eigenvalue weighted by molar-refractivity contribution is 5.91. The van der Waals surface area contributed by atoms with Crippen LogP contribution in [0.5, 0.6) is 5.75 Å². The molecule has 0 unspecified atom stereocenters. The molecule has 0 aromatic heterocycles. The van der Waals surface area contributed by atoms with Gasteiger partial charge in [-0.15, -0.1) is 0 Å². The summed E-state index contributed by atoms with van der Waals surface area (Å²) in [6.07, 6.45) is 3.24. The average molecular weight is 277 g/mol. The van der Waals surface area contributed by atoms with E-state index in [2.05, 4.69) is 5.32 Å². The second-order valence-corrected chi connectivity index (χ2v) is 4.66. The SMILES string of the molecule is CCOc1ccc(/C=C\C(=O)NCCN(C)C)cc1N. The van der Waals surface area contributed by atoms with Crippen molar-refractivity contribution in [2.24, 2.45) is 0 Å². The fraction of sp³-hybridized carbons (Fsp3) is 0.400. The number of hydrogen-bond acceptors (Lipinski definition) is 4. The molecule has 5 nitrogen and oxygen atoms in total. The third kappa shape index (κ3) is 5.75. The molecule has 0 saturated carbocycles. The molecule has 0 atom stereocenters. The van der Waals surface area contributed by atoms with Crippen molar-refractivity contribution >= 4 is 17.7 Å². The molecule has 0 aliphatic carbocycles. The van der Waals surface area contributed by atoms with Crippen LogP contribution in [0.1, 0.15) is 12.5 Å². The number of nitrogen functional groups attached to an aromatic ring is 1. The first kappa shape index (κ1) is 16.0. The third-order valence-corrected chi connectivity index (χ3v) is 2.62. The van der Waals surface area contributed by atoms with Crippen molar-refractivity contribution in [3.63, 3.8) is 0 Å². The van der Waals surface area contributed by atoms with Gasteiger partial charge in [0.25, 0.3) is 0 Å². The van der Waals surface area contributed by atoms with Crippen molar-refractivity contribution in [2.75, 3.05) is 39.5 Å². The van der Waals surface area contributed by atoms with Gasteiger partial charge in [-0.05, 0) is 44.8 Å². The highest BCUT2D eigenvalue weighted by Gasteiger charge is 2.00. The average Bonchev–Trinajstić information content (AvgIpc) is 2.39. The summed E-state index contributed by atoms with van der Waals surface area (Å²) in [5.41, 5.74) is 7.30. The summed E-state index contributed by atoms with van der Waals surface area (Å²) in [5.74, 6) is 0.555. The lowest BCUT2D eigenvalue weighted by Gasteiger charge is -2.09. The minimum atomic E-state index is -0.112. The van der Waals surface area contributed by atoms with E-state index in [1.54, 1.807) is 12.1 Å². The van der Waals surface area contributed by atoms with E-state index >= 15 is 0 Å². The number of nitrogens with zero attached hydrogens (tertiary/aromatic N) is 1. The number of ether oxygens (including phenoxy) is 1. The standard InChI is InChI=1S/C15H23N3O2/c1-4-20-14-7-5-12(11-13(14)16)6-8-15(19)17-9-10-18(2)3/h5-8,11H,4,9-10,16H2,1-3H3,(H,17,19)/b8-6-. The summed E-state index contributed by atoms with van der Waals surface area (Å²) in [6.45, 7) is 3.93. The molecule has 5 heteroatoms. The summed E-state index contributed by atoms with van der Waals surface area (Å²) < 4.78 is 5.36. The third-order valence-electron chi connectivity index (χ3n) is 2.62. The first-order chi connectivity index (χ1) is 9.52. The smallest absolute Gasteiger partial charge is 0.244 e. The van der Waals surface area contributed by atoms with Crippen LogP contribution >= 0.6 is 0 Å². The van der Waals surface area contributed by atoms with Crippen LogP contribution < -0.4 is 15.8 Å². The quantitative estimate of drug-likeness (QED) is 0.583.